The Kier molecular flexibility index (Phi) is 5.03. The summed E-state index contributed by atoms with van der Waals surface area (Å²) < 4.78 is 0. The van der Waals surface area contributed by atoms with Crippen molar-refractivity contribution in [1.29, 1.82) is 0 Å². The molecule has 0 aromatic carbocycles. The average molecular weight is 173 g/mol. The molecule has 0 aromatic rings. The van der Waals surface area contributed by atoms with E-state index in [0.717, 1.165) is 0 Å². The van der Waals surface area contributed by atoms with E-state index in [9.17, 15) is 9.59 Å². The molecular formula is C7H15N3O2. The average Bonchev–Trinajstić information content (AvgIpc) is 2.03. The third-order valence-electron chi connectivity index (χ3n) is 1.39. The minimum Gasteiger partial charge on any atom is -0.357 e. The van der Waals surface area contributed by atoms with Crippen molar-refractivity contribution in [3.63, 3.8) is 0 Å². The summed E-state index contributed by atoms with van der Waals surface area (Å²) in [6, 6.07) is -0.492. The van der Waals surface area contributed by atoms with Crippen LogP contribution < -0.4 is 16.4 Å². The SMILES string of the molecule is CNC(=O)[C@@H](C)NC(=O)CCN. The van der Waals surface area contributed by atoms with Crippen molar-refractivity contribution in [1.82, 2.24) is 10.6 Å². The summed E-state index contributed by atoms with van der Waals surface area (Å²) in [7, 11) is 1.52. The van der Waals surface area contributed by atoms with E-state index in [1.807, 2.05) is 0 Å². The molecule has 0 rings (SSSR count). The normalized spacial score (nSPS) is 11.9. The zero-order valence-corrected chi connectivity index (χ0v) is 7.39. The summed E-state index contributed by atoms with van der Waals surface area (Å²) in [5, 5.41) is 4.93. The number of likely N-dealkylation sites (N-methyl/N-ethyl adjacent to an activating group) is 1. The Bertz CT molecular complexity index is 170. The molecular weight excluding hydrogens is 158 g/mol. The molecule has 12 heavy (non-hydrogen) atoms. The van der Waals surface area contributed by atoms with Gasteiger partial charge < -0.3 is 16.4 Å². The van der Waals surface area contributed by atoms with Crippen LogP contribution in [-0.2, 0) is 9.59 Å². The molecule has 0 saturated heterocycles. The fraction of sp³-hybridized carbons (Fsp3) is 0.714. The van der Waals surface area contributed by atoms with E-state index < -0.39 is 6.04 Å². The minimum absolute atomic E-state index is 0.200. The van der Waals surface area contributed by atoms with Crippen LogP contribution in [0, 0.1) is 0 Å². The number of carbonyl (C=O) groups is 2. The highest BCUT2D eigenvalue weighted by Gasteiger charge is 2.12. The maximum atomic E-state index is 10.9. The van der Waals surface area contributed by atoms with Gasteiger partial charge in [0, 0.05) is 20.0 Å². The molecule has 0 unspecified atom stereocenters. The number of amides is 2. The second-order valence-electron chi connectivity index (χ2n) is 2.44. The lowest BCUT2D eigenvalue weighted by molar-refractivity contribution is -0.128. The Morgan fingerprint density at radius 3 is 2.50 bits per heavy atom. The molecule has 0 saturated carbocycles. The Morgan fingerprint density at radius 2 is 2.08 bits per heavy atom. The van der Waals surface area contributed by atoms with Gasteiger partial charge in [-0.1, -0.05) is 0 Å². The van der Waals surface area contributed by atoms with Gasteiger partial charge in [-0.15, -0.1) is 0 Å². The molecule has 1 atom stereocenters. The van der Waals surface area contributed by atoms with Gasteiger partial charge in [-0.25, -0.2) is 0 Å². The van der Waals surface area contributed by atoms with Crippen LogP contribution in [-0.4, -0.2) is 31.4 Å². The van der Waals surface area contributed by atoms with E-state index in [2.05, 4.69) is 10.6 Å². The van der Waals surface area contributed by atoms with Crippen LogP contribution in [0.25, 0.3) is 0 Å². The molecule has 5 heteroatoms. The molecule has 0 aliphatic heterocycles. The topological polar surface area (TPSA) is 84.2 Å². The first-order valence-corrected chi connectivity index (χ1v) is 3.82. The van der Waals surface area contributed by atoms with Gasteiger partial charge in [0.1, 0.15) is 6.04 Å². The monoisotopic (exact) mass is 173 g/mol. The van der Waals surface area contributed by atoms with Crippen LogP contribution in [0.1, 0.15) is 13.3 Å². The lowest BCUT2D eigenvalue weighted by Gasteiger charge is -2.11. The largest absolute Gasteiger partial charge is 0.357 e. The summed E-state index contributed by atoms with van der Waals surface area (Å²) in [6.45, 7) is 1.92. The van der Waals surface area contributed by atoms with Crippen LogP contribution >= 0.6 is 0 Å². The molecule has 0 spiro atoms. The number of hydrogen-bond acceptors (Lipinski definition) is 3. The second-order valence-corrected chi connectivity index (χ2v) is 2.44. The summed E-state index contributed by atoms with van der Waals surface area (Å²) in [5.74, 6) is -0.408. The molecule has 2 amide bonds. The third kappa shape index (κ3) is 3.92. The highest BCUT2D eigenvalue weighted by Crippen LogP contribution is 1.83. The Morgan fingerprint density at radius 1 is 1.50 bits per heavy atom. The maximum absolute atomic E-state index is 10.9. The number of nitrogens with two attached hydrogens (primary N) is 1. The van der Waals surface area contributed by atoms with Gasteiger partial charge in [0.25, 0.3) is 0 Å². The van der Waals surface area contributed by atoms with Gasteiger partial charge >= 0.3 is 0 Å². The first-order chi connectivity index (χ1) is 5.61. The van der Waals surface area contributed by atoms with E-state index in [1.54, 1.807) is 6.92 Å². The van der Waals surface area contributed by atoms with Gasteiger partial charge in [0.2, 0.25) is 11.8 Å². The minimum atomic E-state index is -0.492. The number of rotatable bonds is 4. The van der Waals surface area contributed by atoms with Crippen LogP contribution in [0.5, 0.6) is 0 Å². The third-order valence-corrected chi connectivity index (χ3v) is 1.39. The Hall–Kier alpha value is -1.10. The lowest BCUT2D eigenvalue weighted by Crippen LogP contribution is -2.43. The highest BCUT2D eigenvalue weighted by atomic mass is 16.2. The van der Waals surface area contributed by atoms with Crippen molar-refractivity contribution in [3.8, 4) is 0 Å². The second kappa shape index (κ2) is 5.54. The number of carbonyl (C=O) groups excluding carboxylic acids is 2. The van der Waals surface area contributed by atoms with Crippen LogP contribution in [0.4, 0.5) is 0 Å². The fourth-order valence-electron chi connectivity index (χ4n) is 0.727. The summed E-state index contributed by atoms with van der Waals surface area (Å²) in [6.07, 6.45) is 0.251. The summed E-state index contributed by atoms with van der Waals surface area (Å²) in [5.41, 5.74) is 5.15. The van der Waals surface area contributed by atoms with Crippen LogP contribution in [0.15, 0.2) is 0 Å². The van der Waals surface area contributed by atoms with Gasteiger partial charge in [-0.2, -0.15) is 0 Å². The van der Waals surface area contributed by atoms with Crippen molar-refractivity contribution in [3.05, 3.63) is 0 Å². The molecule has 0 radical (unpaired) electrons. The van der Waals surface area contributed by atoms with Gasteiger partial charge in [-0.3, -0.25) is 9.59 Å². The molecule has 0 bridgehead atoms. The predicted molar refractivity (Wildman–Crippen MR) is 45.3 cm³/mol. The predicted octanol–water partition coefficient (Wildman–Crippen LogP) is -1.41. The summed E-state index contributed by atoms with van der Waals surface area (Å²) >= 11 is 0. The van der Waals surface area contributed by atoms with E-state index in [-0.39, 0.29) is 18.2 Å². The molecule has 0 aromatic heterocycles. The zero-order valence-electron chi connectivity index (χ0n) is 7.39. The molecule has 0 heterocycles. The van der Waals surface area contributed by atoms with Gasteiger partial charge in [0.15, 0.2) is 0 Å². The Balaban J connectivity index is 3.75. The van der Waals surface area contributed by atoms with Crippen molar-refractivity contribution in [2.75, 3.05) is 13.6 Å². The van der Waals surface area contributed by atoms with Gasteiger partial charge in [-0.05, 0) is 6.92 Å². The van der Waals surface area contributed by atoms with Crippen molar-refractivity contribution >= 4 is 11.8 Å². The zero-order chi connectivity index (χ0) is 9.56. The summed E-state index contributed by atoms with van der Waals surface area (Å²) in [4.78, 5) is 21.8. The lowest BCUT2D eigenvalue weighted by atomic mass is 10.3. The number of nitrogens with one attached hydrogen (secondary N) is 2. The Labute approximate surface area is 71.7 Å². The van der Waals surface area contributed by atoms with E-state index >= 15 is 0 Å². The van der Waals surface area contributed by atoms with Crippen molar-refractivity contribution in [2.24, 2.45) is 5.73 Å². The molecule has 0 fully saturated rings. The maximum Gasteiger partial charge on any atom is 0.242 e. The highest BCUT2D eigenvalue weighted by molar-refractivity contribution is 5.87. The first-order valence-electron chi connectivity index (χ1n) is 3.82. The molecule has 0 aliphatic rings. The standard InChI is InChI=1S/C7H15N3O2/c1-5(7(12)9-2)10-6(11)3-4-8/h5H,3-4,8H2,1-2H3,(H,9,12)(H,10,11)/t5-/m1/s1. The molecule has 70 valence electrons. The molecule has 5 nitrogen and oxygen atoms in total. The molecule has 0 aliphatic carbocycles. The van der Waals surface area contributed by atoms with Crippen molar-refractivity contribution < 1.29 is 9.59 Å². The number of hydrogen-bond donors (Lipinski definition) is 3. The van der Waals surface area contributed by atoms with Crippen LogP contribution in [0.2, 0.25) is 0 Å². The van der Waals surface area contributed by atoms with E-state index in [1.165, 1.54) is 7.05 Å². The smallest absolute Gasteiger partial charge is 0.242 e. The van der Waals surface area contributed by atoms with E-state index in [0.29, 0.717) is 6.54 Å². The van der Waals surface area contributed by atoms with E-state index in [4.69, 9.17) is 5.73 Å². The molecule has 4 N–H and O–H groups in total. The van der Waals surface area contributed by atoms with Crippen molar-refractivity contribution in [2.45, 2.75) is 19.4 Å². The fourth-order valence-corrected chi connectivity index (χ4v) is 0.727. The quantitative estimate of drug-likeness (QED) is 0.488. The first kappa shape index (κ1) is 10.9. The van der Waals surface area contributed by atoms with Crippen LogP contribution in [0.3, 0.4) is 0 Å². The van der Waals surface area contributed by atoms with Gasteiger partial charge in [0.05, 0.1) is 0 Å².